The first-order valence-corrected chi connectivity index (χ1v) is 8.11. The zero-order valence-corrected chi connectivity index (χ0v) is 13.0. The van der Waals surface area contributed by atoms with Gasteiger partial charge < -0.3 is 10.0 Å². The average Bonchev–Trinajstić information content (AvgIpc) is 2.36. The Hall–Kier alpha value is -0.510. The highest BCUT2D eigenvalue weighted by molar-refractivity contribution is 8.00. The van der Waals surface area contributed by atoms with Gasteiger partial charge in [-0.1, -0.05) is 43.7 Å². The third kappa shape index (κ3) is 4.51. The fourth-order valence-corrected chi connectivity index (χ4v) is 4.11. The quantitative estimate of drug-likeness (QED) is 0.915. The predicted octanol–water partition coefficient (Wildman–Crippen LogP) is 3.24. The van der Waals surface area contributed by atoms with Crippen LogP contribution >= 0.6 is 11.8 Å². The Morgan fingerprint density at radius 2 is 1.79 bits per heavy atom. The van der Waals surface area contributed by atoms with Crippen LogP contribution in [0.4, 0.5) is 0 Å². The van der Waals surface area contributed by atoms with Crippen molar-refractivity contribution in [2.24, 2.45) is 0 Å². The first kappa shape index (κ1) is 14.9. The topological polar surface area (TPSA) is 23.5 Å². The molecule has 0 saturated carbocycles. The van der Waals surface area contributed by atoms with Crippen molar-refractivity contribution in [2.75, 3.05) is 19.6 Å². The van der Waals surface area contributed by atoms with Gasteiger partial charge in [0, 0.05) is 30.1 Å². The molecular weight excluding hydrogens is 254 g/mol. The van der Waals surface area contributed by atoms with Crippen LogP contribution in [-0.2, 0) is 0 Å². The largest absolute Gasteiger partial charge is 0.388 e. The molecule has 1 N–H and O–H groups in total. The zero-order chi connectivity index (χ0) is 13.8. The Labute approximate surface area is 121 Å². The summed E-state index contributed by atoms with van der Waals surface area (Å²) in [6, 6.07) is 8.22. The number of aliphatic hydroxyl groups excluding tert-OH is 1. The van der Waals surface area contributed by atoms with Crippen LogP contribution in [0.25, 0.3) is 0 Å². The van der Waals surface area contributed by atoms with Crippen LogP contribution in [0, 0.1) is 6.92 Å². The van der Waals surface area contributed by atoms with Crippen molar-refractivity contribution < 1.29 is 5.11 Å². The van der Waals surface area contributed by atoms with Crippen molar-refractivity contribution in [1.82, 2.24) is 4.90 Å². The van der Waals surface area contributed by atoms with Gasteiger partial charge in [-0.3, -0.25) is 0 Å². The van der Waals surface area contributed by atoms with E-state index in [0.29, 0.717) is 10.5 Å². The van der Waals surface area contributed by atoms with Gasteiger partial charge in [-0.2, -0.15) is 11.8 Å². The maximum Gasteiger partial charge on any atom is 0.0802 e. The molecule has 1 heterocycles. The van der Waals surface area contributed by atoms with E-state index >= 15 is 0 Å². The lowest BCUT2D eigenvalue weighted by atomic mass is 10.0. The van der Waals surface area contributed by atoms with Gasteiger partial charge in [0.05, 0.1) is 6.10 Å². The summed E-state index contributed by atoms with van der Waals surface area (Å²) in [6.45, 7) is 9.95. The Kier molecular flexibility index (Phi) is 5.31. The molecule has 19 heavy (non-hydrogen) atoms. The normalized spacial score (nSPS) is 26.3. The molecule has 1 aromatic carbocycles. The van der Waals surface area contributed by atoms with Crippen molar-refractivity contribution in [1.29, 1.82) is 0 Å². The van der Waals surface area contributed by atoms with E-state index in [-0.39, 0.29) is 6.10 Å². The number of nitrogens with zero attached hydrogens (tertiary/aromatic N) is 1. The van der Waals surface area contributed by atoms with Crippen LogP contribution in [0.3, 0.4) is 0 Å². The van der Waals surface area contributed by atoms with Gasteiger partial charge in [0.1, 0.15) is 0 Å². The Morgan fingerprint density at radius 1 is 1.21 bits per heavy atom. The molecule has 1 aliphatic rings. The van der Waals surface area contributed by atoms with Crippen molar-refractivity contribution in [3.05, 3.63) is 35.4 Å². The number of aryl methyl sites for hydroxylation is 1. The fraction of sp³-hybridized carbons (Fsp3) is 0.625. The number of benzene rings is 1. The summed E-state index contributed by atoms with van der Waals surface area (Å²) in [6.07, 6.45) is 0.494. The molecule has 0 amide bonds. The van der Waals surface area contributed by atoms with Crippen molar-refractivity contribution in [2.45, 2.75) is 43.8 Å². The summed E-state index contributed by atoms with van der Waals surface area (Å²) >= 11 is 2.07. The standard InChI is InChI=1S/C16H25NOS/c1-12-4-6-15(7-5-12)16(18)8-9-17-10-13(2)19-14(3)11-17/h4-7,13-14,16,18H,8-11H2,1-3H3. The van der Waals surface area contributed by atoms with Gasteiger partial charge >= 0.3 is 0 Å². The van der Waals surface area contributed by atoms with Crippen molar-refractivity contribution in [3.8, 4) is 0 Å². The second kappa shape index (κ2) is 6.78. The van der Waals surface area contributed by atoms with Gasteiger partial charge in [-0.15, -0.1) is 0 Å². The second-order valence-electron chi connectivity index (χ2n) is 5.73. The van der Waals surface area contributed by atoms with Crippen LogP contribution in [0.1, 0.15) is 37.5 Å². The smallest absolute Gasteiger partial charge is 0.0802 e. The molecule has 2 nitrogen and oxygen atoms in total. The minimum Gasteiger partial charge on any atom is -0.388 e. The summed E-state index contributed by atoms with van der Waals surface area (Å²) in [5.74, 6) is 0. The first-order chi connectivity index (χ1) is 9.04. The molecule has 0 spiro atoms. The number of hydrogen-bond donors (Lipinski definition) is 1. The lowest BCUT2D eigenvalue weighted by molar-refractivity contribution is 0.141. The monoisotopic (exact) mass is 279 g/mol. The summed E-state index contributed by atoms with van der Waals surface area (Å²) in [5, 5.41) is 11.7. The Morgan fingerprint density at radius 3 is 2.37 bits per heavy atom. The number of hydrogen-bond acceptors (Lipinski definition) is 3. The molecule has 3 unspecified atom stereocenters. The van der Waals surface area contributed by atoms with Crippen molar-refractivity contribution >= 4 is 11.8 Å². The Balaban J connectivity index is 1.83. The predicted molar refractivity (Wildman–Crippen MR) is 83.7 cm³/mol. The first-order valence-electron chi connectivity index (χ1n) is 7.17. The molecule has 0 aliphatic carbocycles. The van der Waals surface area contributed by atoms with Gasteiger partial charge in [-0.25, -0.2) is 0 Å². The summed E-state index contributed by atoms with van der Waals surface area (Å²) in [5.41, 5.74) is 2.28. The highest BCUT2D eigenvalue weighted by Crippen LogP contribution is 2.25. The third-order valence-electron chi connectivity index (χ3n) is 3.68. The SMILES string of the molecule is Cc1ccc(C(O)CCN2CC(C)SC(C)C2)cc1. The summed E-state index contributed by atoms with van der Waals surface area (Å²) < 4.78 is 0. The molecule has 0 bridgehead atoms. The van der Waals surface area contributed by atoms with Gasteiger partial charge in [0.25, 0.3) is 0 Å². The van der Waals surface area contributed by atoms with E-state index in [1.54, 1.807) is 0 Å². The van der Waals surface area contributed by atoms with E-state index in [0.717, 1.165) is 31.6 Å². The maximum atomic E-state index is 10.2. The van der Waals surface area contributed by atoms with Crippen LogP contribution in [0.2, 0.25) is 0 Å². The molecule has 2 rings (SSSR count). The van der Waals surface area contributed by atoms with Crippen LogP contribution in [-0.4, -0.2) is 40.1 Å². The zero-order valence-electron chi connectivity index (χ0n) is 12.2. The molecule has 1 aliphatic heterocycles. The third-order valence-corrected chi connectivity index (χ3v) is 4.90. The van der Waals surface area contributed by atoms with E-state index in [9.17, 15) is 5.11 Å². The van der Waals surface area contributed by atoms with Gasteiger partial charge in [0.15, 0.2) is 0 Å². The van der Waals surface area contributed by atoms with Crippen LogP contribution < -0.4 is 0 Å². The van der Waals surface area contributed by atoms with E-state index in [1.807, 2.05) is 12.1 Å². The van der Waals surface area contributed by atoms with Crippen LogP contribution in [0.5, 0.6) is 0 Å². The molecule has 0 aromatic heterocycles. The molecule has 3 heteroatoms. The lowest BCUT2D eigenvalue weighted by Gasteiger charge is -2.35. The molecule has 1 saturated heterocycles. The minimum atomic E-state index is -0.333. The summed E-state index contributed by atoms with van der Waals surface area (Å²) in [4.78, 5) is 2.49. The molecule has 1 aromatic rings. The Bertz CT molecular complexity index is 382. The minimum absolute atomic E-state index is 0.333. The lowest BCUT2D eigenvalue weighted by Crippen LogP contribution is -2.41. The van der Waals surface area contributed by atoms with Crippen LogP contribution in [0.15, 0.2) is 24.3 Å². The van der Waals surface area contributed by atoms with E-state index in [1.165, 1.54) is 5.56 Å². The number of thioether (sulfide) groups is 1. The second-order valence-corrected chi connectivity index (χ2v) is 7.61. The fourth-order valence-electron chi connectivity index (χ4n) is 2.73. The van der Waals surface area contributed by atoms with E-state index < -0.39 is 0 Å². The molecule has 106 valence electrons. The summed E-state index contributed by atoms with van der Waals surface area (Å²) in [7, 11) is 0. The van der Waals surface area contributed by atoms with E-state index in [2.05, 4.69) is 49.6 Å². The molecule has 3 atom stereocenters. The molecule has 0 radical (unpaired) electrons. The number of rotatable bonds is 4. The van der Waals surface area contributed by atoms with Gasteiger partial charge in [-0.05, 0) is 18.9 Å². The highest BCUT2D eigenvalue weighted by Gasteiger charge is 2.22. The molecule has 1 fully saturated rings. The van der Waals surface area contributed by atoms with Crippen molar-refractivity contribution in [3.63, 3.8) is 0 Å². The molecular formula is C16H25NOS. The highest BCUT2D eigenvalue weighted by atomic mass is 32.2. The number of aliphatic hydroxyl groups is 1. The van der Waals surface area contributed by atoms with Gasteiger partial charge in [0.2, 0.25) is 0 Å². The maximum absolute atomic E-state index is 10.2. The van der Waals surface area contributed by atoms with E-state index in [4.69, 9.17) is 0 Å². The average molecular weight is 279 g/mol.